The van der Waals surface area contributed by atoms with Crippen molar-refractivity contribution in [3.8, 4) is 5.75 Å². The maximum Gasteiger partial charge on any atom is 0.125 e. The van der Waals surface area contributed by atoms with Gasteiger partial charge in [-0.2, -0.15) is 11.8 Å². The van der Waals surface area contributed by atoms with Crippen LogP contribution in [0.4, 0.5) is 0 Å². The van der Waals surface area contributed by atoms with Crippen molar-refractivity contribution in [1.29, 1.82) is 0 Å². The highest BCUT2D eigenvalue weighted by Crippen LogP contribution is 2.28. The Labute approximate surface area is 108 Å². The van der Waals surface area contributed by atoms with Crippen LogP contribution in [0.3, 0.4) is 0 Å². The van der Waals surface area contributed by atoms with Gasteiger partial charge >= 0.3 is 0 Å². The fourth-order valence-corrected chi connectivity index (χ4v) is 2.29. The molecule has 1 aromatic carbocycles. The normalized spacial score (nSPS) is 12.8. The van der Waals surface area contributed by atoms with E-state index in [-0.39, 0.29) is 6.10 Å². The summed E-state index contributed by atoms with van der Waals surface area (Å²) in [5.74, 6) is 2.88. The third-order valence-corrected chi connectivity index (χ3v) is 3.31. The number of hydrogen-bond acceptors (Lipinski definition) is 3. The smallest absolute Gasteiger partial charge is 0.125 e. The number of thioether (sulfide) groups is 1. The van der Waals surface area contributed by atoms with Crippen molar-refractivity contribution < 1.29 is 9.84 Å². The van der Waals surface area contributed by atoms with Crippen LogP contribution in [0.15, 0.2) is 24.3 Å². The lowest BCUT2D eigenvalue weighted by atomic mass is 10.1. The summed E-state index contributed by atoms with van der Waals surface area (Å²) in [4.78, 5) is 0. The molecule has 17 heavy (non-hydrogen) atoms. The van der Waals surface area contributed by atoms with Crippen LogP contribution in [0, 0.1) is 0 Å². The molecule has 0 heterocycles. The summed E-state index contributed by atoms with van der Waals surface area (Å²) in [6, 6.07) is 7.75. The number of benzene rings is 1. The SMILES string of the molecule is CCSCCC(O)c1ccccc1OC(C)C. The number of ether oxygens (including phenoxy) is 1. The van der Waals surface area contributed by atoms with Gasteiger partial charge in [0, 0.05) is 5.56 Å². The first kappa shape index (κ1) is 14.4. The van der Waals surface area contributed by atoms with E-state index in [9.17, 15) is 5.11 Å². The van der Waals surface area contributed by atoms with Gasteiger partial charge in [-0.3, -0.25) is 0 Å². The molecule has 1 aromatic rings. The molecule has 1 rings (SSSR count). The molecule has 96 valence electrons. The quantitative estimate of drug-likeness (QED) is 0.753. The van der Waals surface area contributed by atoms with Gasteiger partial charge in [0.2, 0.25) is 0 Å². The standard InChI is InChI=1S/C14H22O2S/c1-4-17-10-9-13(15)12-7-5-6-8-14(12)16-11(2)3/h5-8,11,13,15H,4,9-10H2,1-3H3. The number of aliphatic hydroxyl groups excluding tert-OH is 1. The second-order valence-corrected chi connectivity index (χ2v) is 5.60. The summed E-state index contributed by atoms with van der Waals surface area (Å²) in [5, 5.41) is 10.1. The predicted molar refractivity (Wildman–Crippen MR) is 74.8 cm³/mol. The topological polar surface area (TPSA) is 29.5 Å². The fraction of sp³-hybridized carbons (Fsp3) is 0.571. The molecule has 0 aliphatic heterocycles. The fourth-order valence-electron chi connectivity index (χ4n) is 1.61. The molecule has 0 spiro atoms. The van der Waals surface area contributed by atoms with Crippen molar-refractivity contribution >= 4 is 11.8 Å². The van der Waals surface area contributed by atoms with Crippen LogP contribution in [0.5, 0.6) is 5.75 Å². The molecule has 0 radical (unpaired) electrons. The monoisotopic (exact) mass is 254 g/mol. The van der Waals surface area contributed by atoms with Crippen molar-refractivity contribution in [3.05, 3.63) is 29.8 Å². The van der Waals surface area contributed by atoms with Crippen molar-refractivity contribution in [3.63, 3.8) is 0 Å². The van der Waals surface area contributed by atoms with E-state index in [0.29, 0.717) is 0 Å². The van der Waals surface area contributed by atoms with Crippen LogP contribution in [0.2, 0.25) is 0 Å². The Morgan fingerprint density at radius 3 is 2.65 bits per heavy atom. The number of para-hydroxylation sites is 1. The highest BCUT2D eigenvalue weighted by atomic mass is 32.2. The number of rotatable bonds is 7. The largest absolute Gasteiger partial charge is 0.491 e. The van der Waals surface area contributed by atoms with E-state index in [1.807, 2.05) is 49.9 Å². The third kappa shape index (κ3) is 5.00. The third-order valence-electron chi connectivity index (χ3n) is 2.38. The molecule has 2 nitrogen and oxygen atoms in total. The molecular weight excluding hydrogens is 232 g/mol. The highest BCUT2D eigenvalue weighted by Gasteiger charge is 2.13. The molecule has 0 aliphatic rings. The second-order valence-electron chi connectivity index (χ2n) is 4.21. The molecule has 0 saturated carbocycles. The molecule has 3 heteroatoms. The van der Waals surface area contributed by atoms with Crippen molar-refractivity contribution in [1.82, 2.24) is 0 Å². The van der Waals surface area contributed by atoms with Gasteiger partial charge in [-0.25, -0.2) is 0 Å². The van der Waals surface area contributed by atoms with Gasteiger partial charge in [0.05, 0.1) is 12.2 Å². The van der Waals surface area contributed by atoms with Crippen molar-refractivity contribution in [2.24, 2.45) is 0 Å². The molecule has 0 aromatic heterocycles. The molecule has 0 amide bonds. The minimum Gasteiger partial charge on any atom is -0.491 e. The van der Waals surface area contributed by atoms with Gasteiger partial charge in [0.25, 0.3) is 0 Å². The van der Waals surface area contributed by atoms with Gasteiger partial charge in [0.15, 0.2) is 0 Å². The second kappa shape index (κ2) is 7.62. The van der Waals surface area contributed by atoms with Gasteiger partial charge in [-0.05, 0) is 37.8 Å². The van der Waals surface area contributed by atoms with Crippen LogP contribution >= 0.6 is 11.8 Å². The van der Waals surface area contributed by atoms with Crippen molar-refractivity contribution in [2.45, 2.75) is 39.4 Å². The zero-order valence-corrected chi connectivity index (χ0v) is 11.7. The van der Waals surface area contributed by atoms with E-state index in [0.717, 1.165) is 29.2 Å². The Bertz CT molecular complexity index is 326. The van der Waals surface area contributed by atoms with E-state index in [1.165, 1.54) is 0 Å². The van der Waals surface area contributed by atoms with Crippen LogP contribution in [0.25, 0.3) is 0 Å². The lowest BCUT2D eigenvalue weighted by Gasteiger charge is -2.17. The molecule has 1 N–H and O–H groups in total. The Morgan fingerprint density at radius 1 is 1.29 bits per heavy atom. The Hall–Kier alpha value is -0.670. The summed E-state index contributed by atoms with van der Waals surface area (Å²) in [6.07, 6.45) is 0.481. The lowest BCUT2D eigenvalue weighted by Crippen LogP contribution is -2.09. The zero-order valence-electron chi connectivity index (χ0n) is 10.8. The molecule has 1 unspecified atom stereocenters. The van der Waals surface area contributed by atoms with Crippen LogP contribution in [-0.4, -0.2) is 22.7 Å². The molecule has 0 saturated heterocycles. The summed E-state index contributed by atoms with van der Waals surface area (Å²) >= 11 is 1.85. The minimum absolute atomic E-state index is 0.133. The summed E-state index contributed by atoms with van der Waals surface area (Å²) in [7, 11) is 0. The highest BCUT2D eigenvalue weighted by molar-refractivity contribution is 7.99. The zero-order chi connectivity index (χ0) is 12.7. The van der Waals surface area contributed by atoms with E-state index < -0.39 is 6.10 Å². The van der Waals surface area contributed by atoms with Gasteiger partial charge in [-0.1, -0.05) is 25.1 Å². The average molecular weight is 254 g/mol. The van der Waals surface area contributed by atoms with Crippen LogP contribution < -0.4 is 4.74 Å². The summed E-state index contributed by atoms with van der Waals surface area (Å²) in [5.41, 5.74) is 0.901. The summed E-state index contributed by atoms with van der Waals surface area (Å²) in [6.45, 7) is 6.12. The molecular formula is C14H22O2S. The van der Waals surface area contributed by atoms with E-state index >= 15 is 0 Å². The first-order valence-electron chi connectivity index (χ1n) is 6.16. The molecule has 1 atom stereocenters. The average Bonchev–Trinajstić information content (AvgIpc) is 2.29. The first-order valence-corrected chi connectivity index (χ1v) is 7.32. The van der Waals surface area contributed by atoms with Crippen molar-refractivity contribution in [2.75, 3.05) is 11.5 Å². The van der Waals surface area contributed by atoms with Gasteiger partial charge < -0.3 is 9.84 Å². The molecule has 0 aliphatic carbocycles. The van der Waals surface area contributed by atoms with Gasteiger partial charge in [-0.15, -0.1) is 0 Å². The van der Waals surface area contributed by atoms with E-state index in [2.05, 4.69) is 6.92 Å². The summed E-state index contributed by atoms with van der Waals surface area (Å²) < 4.78 is 5.71. The number of aliphatic hydroxyl groups is 1. The first-order chi connectivity index (χ1) is 8.15. The minimum atomic E-state index is -0.427. The lowest BCUT2D eigenvalue weighted by molar-refractivity contribution is 0.163. The Balaban J connectivity index is 2.67. The maximum atomic E-state index is 10.1. The van der Waals surface area contributed by atoms with E-state index in [1.54, 1.807) is 0 Å². The van der Waals surface area contributed by atoms with Gasteiger partial charge in [0.1, 0.15) is 5.75 Å². The van der Waals surface area contributed by atoms with Crippen LogP contribution in [-0.2, 0) is 0 Å². The van der Waals surface area contributed by atoms with Crippen LogP contribution in [0.1, 0.15) is 38.9 Å². The molecule has 0 bridgehead atoms. The molecule has 0 fully saturated rings. The Kier molecular flexibility index (Phi) is 6.45. The van der Waals surface area contributed by atoms with E-state index in [4.69, 9.17) is 4.74 Å². The Morgan fingerprint density at radius 2 is 2.00 bits per heavy atom. The predicted octanol–water partition coefficient (Wildman–Crippen LogP) is 3.65. The maximum absolute atomic E-state index is 10.1. The number of hydrogen-bond donors (Lipinski definition) is 1.